The number of benzene rings is 1. The molecule has 1 amide bonds. The van der Waals surface area contributed by atoms with Gasteiger partial charge in [0.1, 0.15) is 17.7 Å². The summed E-state index contributed by atoms with van der Waals surface area (Å²) in [6.45, 7) is 6.85. The van der Waals surface area contributed by atoms with E-state index in [-0.39, 0.29) is 11.7 Å². The topological polar surface area (TPSA) is 50.2 Å². The first-order valence-electron chi connectivity index (χ1n) is 8.04. The van der Waals surface area contributed by atoms with E-state index in [1.807, 2.05) is 25.7 Å². The number of nitrogens with zero attached hydrogens (tertiary/aromatic N) is 3. The van der Waals surface area contributed by atoms with Crippen molar-refractivity contribution in [1.82, 2.24) is 14.7 Å². The van der Waals surface area contributed by atoms with Crippen LogP contribution in [0.4, 0.5) is 10.2 Å². The fraction of sp³-hybridized carbons (Fsp3) is 0.444. The van der Waals surface area contributed by atoms with Crippen molar-refractivity contribution >= 4 is 11.7 Å². The Hall–Kier alpha value is -2.21. The number of amides is 1. The summed E-state index contributed by atoms with van der Waals surface area (Å²) < 4.78 is 15.0. The molecule has 0 aliphatic carbocycles. The third-order valence-corrected chi connectivity index (χ3v) is 3.75. The fourth-order valence-electron chi connectivity index (χ4n) is 2.64. The van der Waals surface area contributed by atoms with Crippen LogP contribution in [0.1, 0.15) is 31.0 Å². The van der Waals surface area contributed by atoms with Gasteiger partial charge in [0, 0.05) is 12.1 Å². The van der Waals surface area contributed by atoms with Crippen LogP contribution in [0.25, 0.3) is 0 Å². The van der Waals surface area contributed by atoms with Gasteiger partial charge in [-0.1, -0.05) is 26.0 Å². The molecule has 1 aromatic heterocycles. The molecule has 130 valence electrons. The van der Waals surface area contributed by atoms with Crippen LogP contribution in [0.5, 0.6) is 0 Å². The molecule has 1 N–H and O–H groups in total. The number of hydrogen-bond donors (Lipinski definition) is 1. The molecule has 6 heteroatoms. The molecule has 5 nitrogen and oxygen atoms in total. The summed E-state index contributed by atoms with van der Waals surface area (Å²) >= 11 is 0. The number of nitrogens with one attached hydrogen (secondary N) is 1. The number of aromatic nitrogens is 2. The predicted molar refractivity (Wildman–Crippen MR) is 93.3 cm³/mol. The lowest BCUT2D eigenvalue weighted by Crippen LogP contribution is -2.33. The summed E-state index contributed by atoms with van der Waals surface area (Å²) in [5, 5.41) is 7.32. The molecule has 0 fully saturated rings. The van der Waals surface area contributed by atoms with E-state index in [9.17, 15) is 9.18 Å². The Morgan fingerprint density at radius 3 is 2.46 bits per heavy atom. The second-order valence-electron chi connectivity index (χ2n) is 6.66. The molecule has 0 aliphatic heterocycles. The SMILES string of the molecule is Cc1cnn(CC(C)C)c1NC(=O)C(c1ccc(F)cc1)N(C)C. The van der Waals surface area contributed by atoms with E-state index in [0.717, 1.165) is 17.7 Å². The van der Waals surface area contributed by atoms with Gasteiger partial charge in [0.05, 0.1) is 6.20 Å². The monoisotopic (exact) mass is 332 g/mol. The van der Waals surface area contributed by atoms with E-state index in [0.29, 0.717) is 11.7 Å². The van der Waals surface area contributed by atoms with E-state index in [1.165, 1.54) is 12.1 Å². The summed E-state index contributed by atoms with van der Waals surface area (Å²) in [5.74, 6) is 0.645. The highest BCUT2D eigenvalue weighted by molar-refractivity contribution is 5.95. The van der Waals surface area contributed by atoms with E-state index in [4.69, 9.17) is 0 Å². The van der Waals surface area contributed by atoms with Crippen LogP contribution in [-0.4, -0.2) is 34.7 Å². The maximum absolute atomic E-state index is 13.2. The Morgan fingerprint density at radius 1 is 1.29 bits per heavy atom. The van der Waals surface area contributed by atoms with E-state index in [1.54, 1.807) is 23.2 Å². The lowest BCUT2D eigenvalue weighted by atomic mass is 10.1. The molecule has 1 atom stereocenters. The van der Waals surface area contributed by atoms with Gasteiger partial charge in [0.2, 0.25) is 5.91 Å². The second kappa shape index (κ2) is 7.57. The summed E-state index contributed by atoms with van der Waals surface area (Å²) in [6.07, 6.45) is 1.75. The zero-order valence-electron chi connectivity index (χ0n) is 14.9. The molecule has 24 heavy (non-hydrogen) atoms. The number of likely N-dealkylation sites (N-methyl/N-ethyl adjacent to an activating group) is 1. The van der Waals surface area contributed by atoms with Crippen molar-refractivity contribution in [2.24, 2.45) is 5.92 Å². The Labute approximate surface area is 142 Å². The minimum atomic E-state index is -0.507. The Morgan fingerprint density at radius 2 is 1.92 bits per heavy atom. The highest BCUT2D eigenvalue weighted by Crippen LogP contribution is 2.23. The number of anilines is 1. The quantitative estimate of drug-likeness (QED) is 0.883. The minimum absolute atomic E-state index is 0.166. The Bertz CT molecular complexity index is 692. The van der Waals surface area contributed by atoms with Gasteiger partial charge in [-0.25, -0.2) is 9.07 Å². The summed E-state index contributed by atoms with van der Waals surface area (Å²) in [6, 6.07) is 5.50. The third-order valence-electron chi connectivity index (χ3n) is 3.75. The number of carbonyl (C=O) groups is 1. The van der Waals surface area contributed by atoms with Gasteiger partial charge in [0.15, 0.2) is 0 Å². The maximum atomic E-state index is 13.2. The second-order valence-corrected chi connectivity index (χ2v) is 6.66. The third kappa shape index (κ3) is 4.20. The van der Waals surface area contributed by atoms with E-state index >= 15 is 0 Å². The van der Waals surface area contributed by atoms with Crippen LogP contribution < -0.4 is 5.32 Å². The molecular formula is C18H25FN4O. The van der Waals surface area contributed by atoms with Crippen molar-refractivity contribution in [3.05, 3.63) is 47.4 Å². The van der Waals surface area contributed by atoms with Crippen molar-refractivity contribution in [2.45, 2.75) is 33.4 Å². The Kier molecular flexibility index (Phi) is 5.72. The van der Waals surface area contributed by atoms with Crippen molar-refractivity contribution < 1.29 is 9.18 Å². The van der Waals surface area contributed by atoms with Crippen LogP contribution in [0.3, 0.4) is 0 Å². The zero-order chi connectivity index (χ0) is 17.9. The number of carbonyl (C=O) groups excluding carboxylic acids is 1. The first kappa shape index (κ1) is 18.1. The van der Waals surface area contributed by atoms with Crippen LogP contribution in [0.2, 0.25) is 0 Å². The maximum Gasteiger partial charge on any atom is 0.247 e. The molecule has 2 aromatic rings. The van der Waals surface area contributed by atoms with Gasteiger partial charge in [-0.2, -0.15) is 5.10 Å². The van der Waals surface area contributed by atoms with Crippen LogP contribution in [-0.2, 0) is 11.3 Å². The number of rotatable bonds is 6. The van der Waals surface area contributed by atoms with E-state index in [2.05, 4.69) is 24.3 Å². The molecule has 1 heterocycles. The number of halogens is 1. The predicted octanol–water partition coefficient (Wildman–Crippen LogP) is 3.23. The van der Waals surface area contributed by atoms with Crippen molar-refractivity contribution in [3.8, 4) is 0 Å². The molecule has 0 saturated carbocycles. The molecule has 1 unspecified atom stereocenters. The average molecular weight is 332 g/mol. The molecule has 2 rings (SSSR count). The molecular weight excluding hydrogens is 307 g/mol. The van der Waals surface area contributed by atoms with Crippen LogP contribution >= 0.6 is 0 Å². The van der Waals surface area contributed by atoms with E-state index < -0.39 is 6.04 Å². The number of hydrogen-bond acceptors (Lipinski definition) is 3. The largest absolute Gasteiger partial charge is 0.309 e. The van der Waals surface area contributed by atoms with Gasteiger partial charge < -0.3 is 5.32 Å². The van der Waals surface area contributed by atoms with Crippen LogP contribution in [0.15, 0.2) is 30.5 Å². The lowest BCUT2D eigenvalue weighted by Gasteiger charge is -2.24. The number of aryl methyl sites for hydroxylation is 1. The van der Waals surface area contributed by atoms with Gasteiger partial charge in [0.25, 0.3) is 0 Å². The first-order chi connectivity index (χ1) is 11.3. The molecule has 0 spiro atoms. The van der Waals surface area contributed by atoms with Crippen LogP contribution in [0, 0.1) is 18.7 Å². The summed E-state index contributed by atoms with van der Waals surface area (Å²) in [7, 11) is 3.65. The smallest absolute Gasteiger partial charge is 0.247 e. The summed E-state index contributed by atoms with van der Waals surface area (Å²) in [4.78, 5) is 14.6. The normalized spacial score (nSPS) is 12.7. The summed E-state index contributed by atoms with van der Waals surface area (Å²) in [5.41, 5.74) is 1.66. The van der Waals surface area contributed by atoms with Crippen molar-refractivity contribution in [1.29, 1.82) is 0 Å². The van der Waals surface area contributed by atoms with Gasteiger partial charge in [-0.3, -0.25) is 9.69 Å². The zero-order valence-corrected chi connectivity index (χ0v) is 14.9. The highest BCUT2D eigenvalue weighted by Gasteiger charge is 2.24. The molecule has 0 radical (unpaired) electrons. The van der Waals surface area contributed by atoms with Crippen molar-refractivity contribution in [2.75, 3.05) is 19.4 Å². The van der Waals surface area contributed by atoms with Gasteiger partial charge in [-0.15, -0.1) is 0 Å². The average Bonchev–Trinajstić information content (AvgIpc) is 2.81. The molecule has 0 saturated heterocycles. The molecule has 0 aliphatic rings. The lowest BCUT2D eigenvalue weighted by molar-refractivity contribution is -0.120. The first-order valence-corrected chi connectivity index (χ1v) is 8.04. The minimum Gasteiger partial charge on any atom is -0.309 e. The highest BCUT2D eigenvalue weighted by atomic mass is 19.1. The van der Waals surface area contributed by atoms with Gasteiger partial charge in [-0.05, 0) is 44.6 Å². The molecule has 1 aromatic carbocycles. The standard InChI is InChI=1S/C18H25FN4O/c1-12(2)11-23-17(13(3)10-20-23)21-18(24)16(22(4)5)14-6-8-15(19)9-7-14/h6-10,12,16H,11H2,1-5H3,(H,21,24). The fourth-order valence-corrected chi connectivity index (χ4v) is 2.64. The van der Waals surface area contributed by atoms with Crippen molar-refractivity contribution in [3.63, 3.8) is 0 Å². The van der Waals surface area contributed by atoms with Gasteiger partial charge >= 0.3 is 0 Å². The molecule has 0 bridgehead atoms. The Balaban J connectivity index is 2.26.